The number of amides is 1. The Morgan fingerprint density at radius 3 is 2.41 bits per heavy atom. The van der Waals surface area contributed by atoms with Gasteiger partial charge in [-0.3, -0.25) is 9.69 Å². The van der Waals surface area contributed by atoms with E-state index < -0.39 is 0 Å². The first kappa shape index (κ1) is 19.9. The van der Waals surface area contributed by atoms with E-state index in [1.54, 1.807) is 18.2 Å². The van der Waals surface area contributed by atoms with E-state index in [0.717, 1.165) is 44.8 Å². The maximum absolute atomic E-state index is 13.0. The van der Waals surface area contributed by atoms with Crippen LogP contribution in [0.4, 0.5) is 10.1 Å². The third-order valence-corrected chi connectivity index (χ3v) is 5.22. The molecule has 0 radical (unpaired) electrons. The molecule has 1 aliphatic rings. The smallest absolute Gasteiger partial charge is 0.252 e. The van der Waals surface area contributed by atoms with Crippen molar-refractivity contribution in [2.24, 2.45) is 0 Å². The lowest BCUT2D eigenvalue weighted by molar-refractivity contribution is 0.0951. The Bertz CT molecular complexity index is 777. The number of halogens is 3. The maximum atomic E-state index is 13.0. The van der Waals surface area contributed by atoms with E-state index in [4.69, 9.17) is 23.2 Å². The second kappa shape index (κ2) is 9.40. The van der Waals surface area contributed by atoms with Crippen LogP contribution in [0.25, 0.3) is 0 Å². The fourth-order valence-electron chi connectivity index (χ4n) is 3.16. The van der Waals surface area contributed by atoms with Gasteiger partial charge in [0, 0.05) is 43.4 Å². The zero-order valence-electron chi connectivity index (χ0n) is 14.9. The van der Waals surface area contributed by atoms with Crippen LogP contribution in [0.2, 0.25) is 10.0 Å². The number of benzene rings is 2. The molecule has 1 aliphatic heterocycles. The number of piperazine rings is 1. The van der Waals surface area contributed by atoms with Crippen LogP contribution in [0.5, 0.6) is 0 Å². The number of carbonyl (C=O) groups excluding carboxylic acids is 1. The van der Waals surface area contributed by atoms with Crippen LogP contribution in [-0.4, -0.2) is 50.1 Å². The Kier molecular flexibility index (Phi) is 6.94. The molecule has 0 atom stereocenters. The van der Waals surface area contributed by atoms with Gasteiger partial charge >= 0.3 is 0 Å². The van der Waals surface area contributed by atoms with Gasteiger partial charge in [0.1, 0.15) is 5.82 Å². The van der Waals surface area contributed by atoms with Gasteiger partial charge in [0.05, 0.1) is 10.6 Å². The first-order valence-corrected chi connectivity index (χ1v) is 9.74. The van der Waals surface area contributed by atoms with E-state index >= 15 is 0 Å². The van der Waals surface area contributed by atoms with Crippen LogP contribution in [-0.2, 0) is 0 Å². The predicted molar refractivity (Wildman–Crippen MR) is 108 cm³/mol. The number of carbonyl (C=O) groups is 1. The van der Waals surface area contributed by atoms with E-state index in [1.165, 1.54) is 12.1 Å². The summed E-state index contributed by atoms with van der Waals surface area (Å²) in [6.45, 7) is 5.25. The first-order valence-electron chi connectivity index (χ1n) is 8.99. The molecule has 0 saturated carbocycles. The topological polar surface area (TPSA) is 35.6 Å². The SMILES string of the molecule is O=C(NCCCN1CCN(c2ccc(F)cc2)CC1)c1ccc(Cl)cc1Cl. The third-order valence-electron chi connectivity index (χ3n) is 4.68. The molecule has 0 aliphatic carbocycles. The highest BCUT2D eigenvalue weighted by Gasteiger charge is 2.17. The van der Waals surface area contributed by atoms with Crippen LogP contribution < -0.4 is 10.2 Å². The van der Waals surface area contributed by atoms with Gasteiger partial charge in [-0.1, -0.05) is 23.2 Å². The van der Waals surface area contributed by atoms with Crippen molar-refractivity contribution in [2.45, 2.75) is 6.42 Å². The second-order valence-electron chi connectivity index (χ2n) is 6.54. The molecule has 144 valence electrons. The van der Waals surface area contributed by atoms with Gasteiger partial charge in [-0.05, 0) is 55.4 Å². The van der Waals surface area contributed by atoms with Crippen LogP contribution in [0, 0.1) is 5.82 Å². The molecule has 2 aromatic rings. The van der Waals surface area contributed by atoms with E-state index in [9.17, 15) is 9.18 Å². The normalized spacial score (nSPS) is 15.0. The summed E-state index contributed by atoms with van der Waals surface area (Å²) in [5, 5.41) is 3.77. The Hall–Kier alpha value is -1.82. The number of anilines is 1. The molecule has 1 fully saturated rings. The minimum absolute atomic E-state index is 0.183. The van der Waals surface area contributed by atoms with Crippen molar-refractivity contribution >= 4 is 34.8 Å². The zero-order chi connectivity index (χ0) is 19.2. The van der Waals surface area contributed by atoms with Gasteiger partial charge in [-0.2, -0.15) is 0 Å². The van der Waals surface area contributed by atoms with Crippen molar-refractivity contribution in [3.05, 3.63) is 63.9 Å². The highest BCUT2D eigenvalue weighted by molar-refractivity contribution is 6.36. The number of nitrogens with zero attached hydrogens (tertiary/aromatic N) is 2. The molecule has 4 nitrogen and oxygen atoms in total. The molecular weight excluding hydrogens is 388 g/mol. The predicted octanol–water partition coefficient (Wildman–Crippen LogP) is 4.07. The molecule has 1 saturated heterocycles. The molecule has 0 bridgehead atoms. The lowest BCUT2D eigenvalue weighted by Gasteiger charge is -2.36. The van der Waals surface area contributed by atoms with Gasteiger partial charge in [0.25, 0.3) is 5.91 Å². The fourth-order valence-corrected chi connectivity index (χ4v) is 3.65. The average molecular weight is 410 g/mol. The summed E-state index contributed by atoms with van der Waals surface area (Å²) in [5.41, 5.74) is 1.50. The molecule has 2 aromatic carbocycles. The molecule has 3 rings (SSSR count). The van der Waals surface area contributed by atoms with E-state index in [2.05, 4.69) is 15.1 Å². The summed E-state index contributed by atoms with van der Waals surface area (Å²) < 4.78 is 13.0. The van der Waals surface area contributed by atoms with Crippen LogP contribution in [0.3, 0.4) is 0 Å². The highest BCUT2D eigenvalue weighted by atomic mass is 35.5. The van der Waals surface area contributed by atoms with Gasteiger partial charge in [-0.25, -0.2) is 4.39 Å². The van der Waals surface area contributed by atoms with Crippen molar-refractivity contribution in [3.63, 3.8) is 0 Å². The van der Waals surface area contributed by atoms with Crippen LogP contribution in [0.1, 0.15) is 16.8 Å². The van der Waals surface area contributed by atoms with Gasteiger partial charge < -0.3 is 10.2 Å². The van der Waals surface area contributed by atoms with Crippen molar-refractivity contribution in [1.82, 2.24) is 10.2 Å². The molecule has 27 heavy (non-hydrogen) atoms. The summed E-state index contributed by atoms with van der Waals surface area (Å²) in [7, 11) is 0. The Labute approximate surface area is 168 Å². The molecular formula is C20H22Cl2FN3O. The monoisotopic (exact) mass is 409 g/mol. The Morgan fingerprint density at radius 1 is 1.04 bits per heavy atom. The lowest BCUT2D eigenvalue weighted by atomic mass is 10.2. The Balaban J connectivity index is 1.37. The third kappa shape index (κ3) is 5.58. The van der Waals surface area contributed by atoms with Crippen LogP contribution in [0.15, 0.2) is 42.5 Å². The van der Waals surface area contributed by atoms with E-state index in [1.807, 2.05) is 12.1 Å². The van der Waals surface area contributed by atoms with E-state index in [-0.39, 0.29) is 11.7 Å². The molecule has 1 heterocycles. The van der Waals surface area contributed by atoms with Crippen molar-refractivity contribution in [2.75, 3.05) is 44.2 Å². The quantitative estimate of drug-likeness (QED) is 0.730. The summed E-state index contributed by atoms with van der Waals surface area (Å²) >= 11 is 11.9. The summed E-state index contributed by atoms with van der Waals surface area (Å²) in [6, 6.07) is 11.5. The number of nitrogens with one attached hydrogen (secondary N) is 1. The number of rotatable bonds is 6. The largest absolute Gasteiger partial charge is 0.369 e. The van der Waals surface area contributed by atoms with Crippen molar-refractivity contribution in [1.29, 1.82) is 0 Å². The summed E-state index contributed by atoms with van der Waals surface area (Å²) in [4.78, 5) is 16.8. The molecule has 0 spiro atoms. The second-order valence-corrected chi connectivity index (χ2v) is 7.38. The zero-order valence-corrected chi connectivity index (χ0v) is 16.4. The molecule has 7 heteroatoms. The Morgan fingerprint density at radius 2 is 1.74 bits per heavy atom. The maximum Gasteiger partial charge on any atom is 0.252 e. The standard InChI is InChI=1S/C20H22Cl2FN3O/c21-15-2-7-18(19(22)14-15)20(27)24-8-1-9-25-10-12-26(13-11-25)17-5-3-16(23)4-6-17/h2-7,14H,1,8-13H2,(H,24,27). The number of hydrogen-bond donors (Lipinski definition) is 1. The average Bonchev–Trinajstić information content (AvgIpc) is 2.66. The minimum Gasteiger partial charge on any atom is -0.369 e. The van der Waals surface area contributed by atoms with Gasteiger partial charge in [0.15, 0.2) is 0 Å². The molecule has 0 unspecified atom stereocenters. The van der Waals surface area contributed by atoms with Gasteiger partial charge in [-0.15, -0.1) is 0 Å². The summed E-state index contributed by atoms with van der Waals surface area (Å²) in [5.74, 6) is -0.392. The molecule has 1 N–H and O–H groups in total. The molecule has 0 aromatic heterocycles. The number of hydrogen-bond acceptors (Lipinski definition) is 3. The van der Waals surface area contributed by atoms with Crippen molar-refractivity contribution in [3.8, 4) is 0 Å². The van der Waals surface area contributed by atoms with Crippen LogP contribution >= 0.6 is 23.2 Å². The highest BCUT2D eigenvalue weighted by Crippen LogP contribution is 2.21. The lowest BCUT2D eigenvalue weighted by Crippen LogP contribution is -2.47. The van der Waals surface area contributed by atoms with Gasteiger partial charge in [0.2, 0.25) is 0 Å². The van der Waals surface area contributed by atoms with E-state index in [0.29, 0.717) is 22.2 Å². The van der Waals surface area contributed by atoms with Crippen molar-refractivity contribution < 1.29 is 9.18 Å². The minimum atomic E-state index is -0.209. The fraction of sp³-hybridized carbons (Fsp3) is 0.350. The first-order chi connectivity index (χ1) is 13.0. The summed E-state index contributed by atoms with van der Waals surface area (Å²) in [6.07, 6.45) is 0.869. The molecule has 1 amide bonds.